The molecule has 4 heteroatoms. The van der Waals surface area contributed by atoms with Gasteiger partial charge >= 0.3 is 0 Å². The molecule has 1 saturated heterocycles. The lowest BCUT2D eigenvalue weighted by Gasteiger charge is -2.23. The minimum atomic E-state index is 0.332. The molecular weight excluding hydrogens is 240 g/mol. The van der Waals surface area contributed by atoms with E-state index in [9.17, 15) is 0 Å². The first-order valence-electron chi connectivity index (χ1n) is 6.91. The zero-order valence-corrected chi connectivity index (χ0v) is 11.7. The Hall–Kier alpha value is -1.55. The third-order valence-corrected chi connectivity index (χ3v) is 3.17. The summed E-state index contributed by atoms with van der Waals surface area (Å²) in [5.41, 5.74) is 0.988. The molecule has 0 unspecified atom stereocenters. The van der Waals surface area contributed by atoms with E-state index in [1.165, 1.54) is 0 Å². The Kier molecular flexibility index (Phi) is 5.21. The van der Waals surface area contributed by atoms with Gasteiger partial charge in [-0.15, -0.1) is 0 Å². The molecule has 19 heavy (non-hydrogen) atoms. The predicted molar refractivity (Wildman–Crippen MR) is 77.0 cm³/mol. The Morgan fingerprint density at radius 3 is 2.53 bits per heavy atom. The summed E-state index contributed by atoms with van der Waals surface area (Å²) < 4.78 is 11.4. The molecule has 0 aliphatic carbocycles. The molecule has 0 aromatic heterocycles. The van der Waals surface area contributed by atoms with Crippen molar-refractivity contribution in [3.8, 4) is 5.75 Å². The smallest absolute Gasteiger partial charge is 0.215 e. The van der Waals surface area contributed by atoms with Crippen LogP contribution >= 0.6 is 0 Å². The van der Waals surface area contributed by atoms with Gasteiger partial charge in [0, 0.05) is 12.6 Å². The highest BCUT2D eigenvalue weighted by Crippen LogP contribution is 2.18. The number of nitrogens with zero attached hydrogens (tertiary/aromatic N) is 1. The molecular formula is C15H22N2O2. The molecule has 0 bridgehead atoms. The van der Waals surface area contributed by atoms with Gasteiger partial charge in [-0.3, -0.25) is 4.99 Å². The molecule has 1 aliphatic heterocycles. The summed E-state index contributed by atoms with van der Waals surface area (Å²) in [4.78, 5) is 4.14. The van der Waals surface area contributed by atoms with Gasteiger partial charge in [-0.25, -0.2) is 0 Å². The third-order valence-electron chi connectivity index (χ3n) is 3.17. The van der Waals surface area contributed by atoms with Crippen LogP contribution in [0.1, 0.15) is 25.3 Å². The van der Waals surface area contributed by atoms with Gasteiger partial charge in [0.1, 0.15) is 11.9 Å². The summed E-state index contributed by atoms with van der Waals surface area (Å²) in [5, 5.41) is 3.33. The van der Waals surface area contributed by atoms with Crippen LogP contribution in [0.3, 0.4) is 0 Å². The number of nitrogens with one attached hydrogen (secondary N) is 1. The van der Waals surface area contributed by atoms with Gasteiger partial charge in [-0.05, 0) is 57.1 Å². The Morgan fingerprint density at radius 2 is 1.95 bits per heavy atom. The van der Waals surface area contributed by atoms with Crippen LogP contribution in [0.4, 0.5) is 0 Å². The molecule has 1 aromatic rings. The summed E-state index contributed by atoms with van der Waals surface area (Å²) in [6, 6.07) is 7.96. The standard InChI is InChI=1S/C15H22N2O2/c1-3-18-15(16-2)12-4-6-13(7-5-12)19-14-8-10-17-11-9-14/h4-7,14,17H,3,8-11H2,1-2H3. The van der Waals surface area contributed by atoms with Gasteiger partial charge < -0.3 is 14.8 Å². The normalized spacial score (nSPS) is 17.3. The fourth-order valence-electron chi connectivity index (χ4n) is 2.20. The fraction of sp³-hybridized carbons (Fsp3) is 0.533. The predicted octanol–water partition coefficient (Wildman–Crippen LogP) is 2.23. The minimum Gasteiger partial charge on any atom is -0.490 e. The van der Waals surface area contributed by atoms with E-state index >= 15 is 0 Å². The van der Waals surface area contributed by atoms with Gasteiger partial charge in [-0.2, -0.15) is 0 Å². The van der Waals surface area contributed by atoms with E-state index in [0.717, 1.165) is 37.2 Å². The largest absolute Gasteiger partial charge is 0.490 e. The molecule has 1 heterocycles. The van der Waals surface area contributed by atoms with Crippen molar-refractivity contribution in [2.75, 3.05) is 26.7 Å². The van der Waals surface area contributed by atoms with Crippen LogP contribution in [0.15, 0.2) is 29.3 Å². The highest BCUT2D eigenvalue weighted by molar-refractivity contribution is 5.94. The van der Waals surface area contributed by atoms with Crippen LogP contribution in [0, 0.1) is 0 Å². The summed E-state index contributed by atoms with van der Waals surface area (Å²) in [6.45, 7) is 4.67. The maximum atomic E-state index is 5.96. The number of ether oxygens (including phenoxy) is 2. The van der Waals surface area contributed by atoms with Crippen LogP contribution in [-0.2, 0) is 4.74 Å². The maximum absolute atomic E-state index is 5.96. The Balaban J connectivity index is 1.97. The lowest BCUT2D eigenvalue weighted by atomic mass is 10.1. The van der Waals surface area contributed by atoms with Crippen LogP contribution in [0.5, 0.6) is 5.75 Å². The summed E-state index contributed by atoms with van der Waals surface area (Å²) >= 11 is 0. The van der Waals surface area contributed by atoms with E-state index in [1.807, 2.05) is 31.2 Å². The van der Waals surface area contributed by atoms with E-state index in [2.05, 4.69) is 10.3 Å². The lowest BCUT2D eigenvalue weighted by Crippen LogP contribution is -2.34. The molecule has 0 atom stereocenters. The van der Waals surface area contributed by atoms with E-state index in [-0.39, 0.29) is 0 Å². The molecule has 1 fully saturated rings. The van der Waals surface area contributed by atoms with Crippen molar-refractivity contribution in [2.24, 2.45) is 4.99 Å². The number of hydrogen-bond donors (Lipinski definition) is 1. The van der Waals surface area contributed by atoms with Crippen molar-refractivity contribution < 1.29 is 9.47 Å². The van der Waals surface area contributed by atoms with Crippen LogP contribution in [-0.4, -0.2) is 38.7 Å². The van der Waals surface area contributed by atoms with Crippen LogP contribution < -0.4 is 10.1 Å². The van der Waals surface area contributed by atoms with Crippen LogP contribution in [0.25, 0.3) is 0 Å². The van der Waals surface area contributed by atoms with Crippen molar-refractivity contribution in [3.05, 3.63) is 29.8 Å². The molecule has 1 N–H and O–H groups in total. The monoisotopic (exact) mass is 262 g/mol. The SMILES string of the molecule is CCOC(=NC)c1ccc(OC2CCNCC2)cc1. The molecule has 0 saturated carbocycles. The van der Waals surface area contributed by atoms with Crippen molar-refractivity contribution >= 4 is 5.90 Å². The number of hydrogen-bond acceptors (Lipinski definition) is 4. The highest BCUT2D eigenvalue weighted by Gasteiger charge is 2.14. The van der Waals surface area contributed by atoms with Gasteiger partial charge in [-0.1, -0.05) is 0 Å². The van der Waals surface area contributed by atoms with E-state index in [4.69, 9.17) is 9.47 Å². The second kappa shape index (κ2) is 7.14. The summed E-state index contributed by atoms with van der Waals surface area (Å²) in [6.07, 6.45) is 2.48. The van der Waals surface area contributed by atoms with Crippen molar-refractivity contribution in [1.82, 2.24) is 5.32 Å². The maximum Gasteiger partial charge on any atom is 0.215 e. The van der Waals surface area contributed by atoms with Crippen molar-refractivity contribution in [2.45, 2.75) is 25.9 Å². The first kappa shape index (κ1) is 13.9. The average molecular weight is 262 g/mol. The van der Waals surface area contributed by atoms with Crippen molar-refractivity contribution in [1.29, 1.82) is 0 Å². The molecule has 2 rings (SSSR count). The third kappa shape index (κ3) is 3.96. The van der Waals surface area contributed by atoms with Crippen LogP contribution in [0.2, 0.25) is 0 Å². The van der Waals surface area contributed by atoms with Gasteiger partial charge in [0.15, 0.2) is 0 Å². The van der Waals surface area contributed by atoms with Gasteiger partial charge in [0.2, 0.25) is 5.90 Å². The zero-order valence-electron chi connectivity index (χ0n) is 11.7. The second-order valence-electron chi connectivity index (χ2n) is 4.55. The first-order valence-corrected chi connectivity index (χ1v) is 6.91. The number of rotatable bonds is 4. The number of piperidine rings is 1. The number of aliphatic imine (C=N–C) groups is 1. The summed E-state index contributed by atoms with van der Waals surface area (Å²) in [5.74, 6) is 1.60. The molecule has 1 aromatic carbocycles. The molecule has 0 amide bonds. The Bertz CT molecular complexity index is 409. The molecule has 0 radical (unpaired) electrons. The zero-order chi connectivity index (χ0) is 13.5. The quantitative estimate of drug-likeness (QED) is 0.668. The molecule has 0 spiro atoms. The minimum absolute atomic E-state index is 0.332. The first-order chi connectivity index (χ1) is 9.33. The molecule has 104 valence electrons. The topological polar surface area (TPSA) is 42.9 Å². The lowest BCUT2D eigenvalue weighted by molar-refractivity contribution is 0.162. The molecule has 1 aliphatic rings. The fourth-order valence-corrected chi connectivity index (χ4v) is 2.20. The highest BCUT2D eigenvalue weighted by atomic mass is 16.5. The summed E-state index contributed by atoms with van der Waals surface area (Å²) in [7, 11) is 1.74. The van der Waals surface area contributed by atoms with E-state index in [0.29, 0.717) is 18.6 Å². The van der Waals surface area contributed by atoms with E-state index < -0.39 is 0 Å². The van der Waals surface area contributed by atoms with Crippen molar-refractivity contribution in [3.63, 3.8) is 0 Å². The second-order valence-corrected chi connectivity index (χ2v) is 4.55. The Labute approximate surface area is 114 Å². The number of benzene rings is 1. The van der Waals surface area contributed by atoms with Gasteiger partial charge in [0.25, 0.3) is 0 Å². The van der Waals surface area contributed by atoms with Gasteiger partial charge in [0.05, 0.1) is 6.61 Å². The average Bonchev–Trinajstić information content (AvgIpc) is 2.47. The Morgan fingerprint density at radius 1 is 1.26 bits per heavy atom. The van der Waals surface area contributed by atoms with E-state index in [1.54, 1.807) is 7.05 Å². The molecule has 4 nitrogen and oxygen atoms in total.